The van der Waals surface area contributed by atoms with Crippen molar-refractivity contribution in [2.45, 2.75) is 18.9 Å². The van der Waals surface area contributed by atoms with Gasteiger partial charge in [0.25, 0.3) is 5.56 Å². The minimum Gasteiger partial charge on any atom is -0.465 e. The van der Waals surface area contributed by atoms with Crippen molar-refractivity contribution < 1.29 is 9.53 Å². The van der Waals surface area contributed by atoms with Gasteiger partial charge in [0.15, 0.2) is 0 Å². The molecule has 0 unspecified atom stereocenters. The van der Waals surface area contributed by atoms with E-state index in [0.29, 0.717) is 22.8 Å². The van der Waals surface area contributed by atoms with Gasteiger partial charge in [0.05, 0.1) is 36.3 Å². The molecule has 0 radical (unpaired) electrons. The normalized spacial score (nSPS) is 14.5. The van der Waals surface area contributed by atoms with Gasteiger partial charge >= 0.3 is 5.97 Å². The van der Waals surface area contributed by atoms with E-state index in [1.165, 1.54) is 13.4 Å². The number of aromatic nitrogens is 7. The molecule has 0 saturated carbocycles. The Hall–Kier alpha value is -4.57. The summed E-state index contributed by atoms with van der Waals surface area (Å²) in [5, 5.41) is 12.0. The van der Waals surface area contributed by atoms with Crippen molar-refractivity contribution in [1.29, 1.82) is 0 Å². The standard InChI is InChI=1S/C26H20ClN7O3/c1-37-26(36)16-4-2-3-15(9-16)21-13-28-25(30-21)23-8-6-19-10-17(11-24(35)34(19)23)20-12-18(27)5-7-22(20)33-14-29-31-32-33/h2-5,7,9-14,23H,6,8H2,1H3,(H,28,30)/t23-/m0/s1. The van der Waals surface area contributed by atoms with Gasteiger partial charge in [-0.05, 0) is 65.2 Å². The third kappa shape index (κ3) is 4.11. The molecule has 1 N–H and O–H groups in total. The fourth-order valence-electron chi connectivity index (χ4n) is 4.80. The van der Waals surface area contributed by atoms with E-state index in [1.807, 2.05) is 18.2 Å². The molecular formula is C26H20ClN7O3. The molecule has 3 aromatic heterocycles. The first-order valence-electron chi connectivity index (χ1n) is 11.5. The predicted octanol–water partition coefficient (Wildman–Crippen LogP) is 3.86. The zero-order valence-corrected chi connectivity index (χ0v) is 20.4. The SMILES string of the molecule is COC(=O)c1cccc(-c2cnc([C@@H]3CCc4cc(-c5cc(Cl)ccc5-n5cnnn5)cc(=O)n43)[nH]2)c1. The van der Waals surface area contributed by atoms with Gasteiger partial charge in [0.2, 0.25) is 0 Å². The maximum absolute atomic E-state index is 13.4. The van der Waals surface area contributed by atoms with Gasteiger partial charge in [-0.2, -0.15) is 4.68 Å². The zero-order valence-electron chi connectivity index (χ0n) is 19.6. The average molecular weight is 514 g/mol. The highest BCUT2D eigenvalue weighted by atomic mass is 35.5. The van der Waals surface area contributed by atoms with Crippen LogP contribution in [-0.4, -0.2) is 47.8 Å². The van der Waals surface area contributed by atoms with Crippen LogP contribution in [0.5, 0.6) is 0 Å². The molecule has 37 heavy (non-hydrogen) atoms. The minimum absolute atomic E-state index is 0.136. The number of nitrogens with one attached hydrogen (secondary N) is 1. The number of H-pyrrole nitrogens is 1. The molecule has 5 aromatic rings. The fraction of sp³-hybridized carbons (Fsp3) is 0.154. The molecule has 4 heterocycles. The van der Waals surface area contributed by atoms with E-state index in [0.717, 1.165) is 40.2 Å². The molecule has 0 aliphatic carbocycles. The van der Waals surface area contributed by atoms with Crippen molar-refractivity contribution in [3.63, 3.8) is 0 Å². The molecule has 1 atom stereocenters. The molecule has 1 aliphatic heterocycles. The number of aromatic amines is 1. The predicted molar refractivity (Wildman–Crippen MR) is 136 cm³/mol. The monoisotopic (exact) mass is 513 g/mol. The van der Waals surface area contributed by atoms with Gasteiger partial charge < -0.3 is 14.3 Å². The molecule has 0 fully saturated rings. The first-order valence-corrected chi connectivity index (χ1v) is 11.9. The van der Waals surface area contributed by atoms with E-state index in [9.17, 15) is 9.59 Å². The van der Waals surface area contributed by atoms with Gasteiger partial charge in [0, 0.05) is 27.9 Å². The molecule has 184 valence electrons. The zero-order chi connectivity index (χ0) is 25.5. The second kappa shape index (κ2) is 9.14. The van der Waals surface area contributed by atoms with Crippen LogP contribution in [0.1, 0.15) is 34.3 Å². The van der Waals surface area contributed by atoms with Crippen LogP contribution in [-0.2, 0) is 11.2 Å². The number of ether oxygens (including phenoxy) is 1. The lowest BCUT2D eigenvalue weighted by atomic mass is 10.0. The first kappa shape index (κ1) is 22.9. The largest absolute Gasteiger partial charge is 0.465 e. The summed E-state index contributed by atoms with van der Waals surface area (Å²) < 4.78 is 8.14. The van der Waals surface area contributed by atoms with Gasteiger partial charge in [0.1, 0.15) is 12.2 Å². The third-order valence-electron chi connectivity index (χ3n) is 6.50. The molecule has 0 saturated heterocycles. The van der Waals surface area contributed by atoms with E-state index < -0.39 is 5.97 Å². The van der Waals surface area contributed by atoms with Crippen LogP contribution in [0.25, 0.3) is 28.1 Å². The summed E-state index contributed by atoms with van der Waals surface area (Å²) in [7, 11) is 1.35. The smallest absolute Gasteiger partial charge is 0.337 e. The Morgan fingerprint density at radius 2 is 2.03 bits per heavy atom. The highest BCUT2D eigenvalue weighted by molar-refractivity contribution is 6.31. The highest BCUT2D eigenvalue weighted by Gasteiger charge is 2.28. The summed E-state index contributed by atoms with van der Waals surface area (Å²) in [5.41, 5.74) is 5.00. The van der Waals surface area contributed by atoms with Crippen molar-refractivity contribution in [3.8, 4) is 28.1 Å². The van der Waals surface area contributed by atoms with Gasteiger partial charge in [-0.1, -0.05) is 23.7 Å². The number of benzene rings is 2. The van der Waals surface area contributed by atoms with Crippen molar-refractivity contribution >= 4 is 17.6 Å². The number of hydrogen-bond acceptors (Lipinski definition) is 7. The van der Waals surface area contributed by atoms with Crippen LogP contribution in [0.2, 0.25) is 5.02 Å². The quantitative estimate of drug-likeness (QED) is 0.354. The van der Waals surface area contributed by atoms with E-state index in [-0.39, 0.29) is 11.6 Å². The molecule has 2 aromatic carbocycles. The van der Waals surface area contributed by atoms with Crippen LogP contribution >= 0.6 is 11.6 Å². The lowest BCUT2D eigenvalue weighted by Crippen LogP contribution is -2.23. The van der Waals surface area contributed by atoms with E-state index >= 15 is 0 Å². The average Bonchev–Trinajstić information content (AvgIpc) is 3.69. The van der Waals surface area contributed by atoms with Gasteiger partial charge in [-0.15, -0.1) is 5.10 Å². The summed E-state index contributed by atoms with van der Waals surface area (Å²) in [4.78, 5) is 33.2. The lowest BCUT2D eigenvalue weighted by molar-refractivity contribution is 0.0601. The molecule has 0 bridgehead atoms. The first-order chi connectivity index (χ1) is 18.0. The Morgan fingerprint density at radius 3 is 2.84 bits per heavy atom. The highest BCUT2D eigenvalue weighted by Crippen LogP contribution is 2.34. The fourth-order valence-corrected chi connectivity index (χ4v) is 4.98. The van der Waals surface area contributed by atoms with Crippen LogP contribution in [0.15, 0.2) is 71.9 Å². The molecule has 0 amide bonds. The Bertz CT molecular complexity index is 1690. The molecular weight excluding hydrogens is 494 g/mol. The summed E-state index contributed by atoms with van der Waals surface area (Å²) in [6.45, 7) is 0. The van der Waals surface area contributed by atoms with E-state index in [4.69, 9.17) is 16.3 Å². The Labute approximate surface area is 215 Å². The molecule has 11 heteroatoms. The molecule has 1 aliphatic rings. The lowest BCUT2D eigenvalue weighted by Gasteiger charge is -2.15. The number of halogens is 1. The number of carbonyl (C=O) groups excluding carboxylic acids is 1. The number of methoxy groups -OCH3 is 1. The number of nitrogens with zero attached hydrogens (tertiary/aromatic N) is 6. The number of pyridine rings is 1. The Balaban J connectivity index is 1.36. The van der Waals surface area contributed by atoms with Crippen LogP contribution in [0.3, 0.4) is 0 Å². The van der Waals surface area contributed by atoms with Crippen molar-refractivity contribution in [2.75, 3.05) is 7.11 Å². The van der Waals surface area contributed by atoms with Crippen LogP contribution in [0.4, 0.5) is 0 Å². The summed E-state index contributed by atoms with van der Waals surface area (Å²) >= 11 is 6.29. The third-order valence-corrected chi connectivity index (χ3v) is 6.74. The second-order valence-electron chi connectivity index (χ2n) is 8.67. The number of aryl methyl sites for hydroxylation is 1. The Kier molecular flexibility index (Phi) is 5.65. The maximum Gasteiger partial charge on any atom is 0.337 e. The minimum atomic E-state index is -0.406. The van der Waals surface area contributed by atoms with Crippen LogP contribution in [0, 0.1) is 0 Å². The van der Waals surface area contributed by atoms with E-state index in [2.05, 4.69) is 25.5 Å². The summed E-state index contributed by atoms with van der Waals surface area (Å²) in [5.74, 6) is 0.279. The number of imidazole rings is 1. The number of rotatable bonds is 5. The number of hydrogen-bond donors (Lipinski definition) is 1. The van der Waals surface area contributed by atoms with Gasteiger partial charge in [-0.3, -0.25) is 4.79 Å². The molecule has 10 nitrogen and oxygen atoms in total. The number of carbonyl (C=O) groups is 1. The van der Waals surface area contributed by atoms with Gasteiger partial charge in [-0.25, -0.2) is 9.78 Å². The molecule has 6 rings (SSSR count). The number of tetrazole rings is 1. The van der Waals surface area contributed by atoms with Crippen molar-refractivity contribution in [1.82, 2.24) is 34.7 Å². The van der Waals surface area contributed by atoms with Crippen molar-refractivity contribution in [3.05, 3.63) is 99.6 Å². The second-order valence-corrected chi connectivity index (χ2v) is 9.10. The maximum atomic E-state index is 13.4. The van der Waals surface area contributed by atoms with Crippen molar-refractivity contribution in [2.24, 2.45) is 0 Å². The summed E-state index contributed by atoms with van der Waals surface area (Å²) in [6.07, 6.45) is 4.65. The Morgan fingerprint density at radius 1 is 1.14 bits per heavy atom. The topological polar surface area (TPSA) is 121 Å². The van der Waals surface area contributed by atoms with E-state index in [1.54, 1.807) is 51.8 Å². The summed E-state index contributed by atoms with van der Waals surface area (Å²) in [6, 6.07) is 15.9. The van der Waals surface area contributed by atoms with Crippen LogP contribution < -0.4 is 5.56 Å². The number of esters is 1. The molecule has 0 spiro atoms. The number of fused-ring (bicyclic) bond motifs is 1.